The lowest BCUT2D eigenvalue weighted by Gasteiger charge is -2.04. The van der Waals surface area contributed by atoms with Crippen molar-refractivity contribution in [3.8, 4) is 11.8 Å². The van der Waals surface area contributed by atoms with E-state index in [0.29, 0.717) is 0 Å². The molecule has 0 aliphatic heterocycles. The third kappa shape index (κ3) is 5.56. The average Bonchev–Trinajstić information content (AvgIpc) is 1.98. The van der Waals surface area contributed by atoms with Gasteiger partial charge in [0.25, 0.3) is 5.91 Å². The van der Waals surface area contributed by atoms with Crippen molar-refractivity contribution in [3.63, 3.8) is 0 Å². The van der Waals surface area contributed by atoms with E-state index in [0.717, 1.165) is 0 Å². The van der Waals surface area contributed by atoms with Gasteiger partial charge < -0.3 is 15.3 Å². The SMILES string of the molecule is CC(C#CC(=O)N(C)C)NC(=O)O. The number of nitrogens with one attached hydrogen (secondary N) is 1. The van der Waals surface area contributed by atoms with E-state index in [1.165, 1.54) is 4.90 Å². The zero-order chi connectivity index (χ0) is 10.4. The van der Waals surface area contributed by atoms with E-state index >= 15 is 0 Å². The molecule has 2 amide bonds. The standard InChI is InChI=1S/C8H12N2O3/c1-6(9-8(12)13)4-5-7(11)10(2)3/h6,9H,1-3H3,(H,12,13). The summed E-state index contributed by atoms with van der Waals surface area (Å²) < 4.78 is 0. The molecular weight excluding hydrogens is 172 g/mol. The molecule has 0 aromatic rings. The summed E-state index contributed by atoms with van der Waals surface area (Å²) in [7, 11) is 3.15. The van der Waals surface area contributed by atoms with Crippen LogP contribution in [0.2, 0.25) is 0 Å². The third-order valence-electron chi connectivity index (χ3n) is 1.14. The van der Waals surface area contributed by atoms with Crippen molar-refractivity contribution in [1.29, 1.82) is 0 Å². The monoisotopic (exact) mass is 184 g/mol. The van der Waals surface area contributed by atoms with Gasteiger partial charge in [0.1, 0.15) is 0 Å². The number of rotatable bonds is 1. The van der Waals surface area contributed by atoms with E-state index in [2.05, 4.69) is 17.2 Å². The minimum Gasteiger partial charge on any atom is -0.465 e. The molecule has 0 aromatic heterocycles. The van der Waals surface area contributed by atoms with Crippen LogP contribution in [0.15, 0.2) is 0 Å². The zero-order valence-electron chi connectivity index (χ0n) is 7.79. The van der Waals surface area contributed by atoms with Gasteiger partial charge in [-0.2, -0.15) is 0 Å². The molecule has 1 unspecified atom stereocenters. The Kier molecular flexibility index (Phi) is 4.38. The molecule has 0 aliphatic rings. The highest BCUT2D eigenvalue weighted by Crippen LogP contribution is 1.79. The molecule has 1 atom stereocenters. The zero-order valence-corrected chi connectivity index (χ0v) is 7.79. The lowest BCUT2D eigenvalue weighted by atomic mass is 10.3. The molecule has 0 spiro atoms. The quantitative estimate of drug-likeness (QED) is 0.551. The van der Waals surface area contributed by atoms with Gasteiger partial charge >= 0.3 is 6.09 Å². The smallest absolute Gasteiger partial charge is 0.405 e. The molecule has 0 bridgehead atoms. The summed E-state index contributed by atoms with van der Waals surface area (Å²) >= 11 is 0. The first kappa shape index (κ1) is 11.3. The maximum Gasteiger partial charge on any atom is 0.405 e. The predicted octanol–water partition coefficient (Wildman–Crippen LogP) is -0.266. The van der Waals surface area contributed by atoms with Crippen molar-refractivity contribution in [2.24, 2.45) is 0 Å². The fourth-order valence-electron chi connectivity index (χ4n) is 0.503. The molecule has 0 saturated carbocycles. The molecule has 0 aromatic carbocycles. The predicted molar refractivity (Wildman–Crippen MR) is 47.1 cm³/mol. The summed E-state index contributed by atoms with van der Waals surface area (Å²) in [5.41, 5.74) is 0. The van der Waals surface area contributed by atoms with Crippen LogP contribution in [0.4, 0.5) is 4.79 Å². The van der Waals surface area contributed by atoms with Gasteiger partial charge in [-0.1, -0.05) is 5.92 Å². The minimum atomic E-state index is -1.15. The largest absolute Gasteiger partial charge is 0.465 e. The highest BCUT2D eigenvalue weighted by Gasteiger charge is 2.01. The van der Waals surface area contributed by atoms with Crippen LogP contribution >= 0.6 is 0 Å². The molecule has 0 fully saturated rings. The van der Waals surface area contributed by atoms with Crippen molar-refractivity contribution in [3.05, 3.63) is 0 Å². The van der Waals surface area contributed by atoms with Crippen molar-refractivity contribution in [2.45, 2.75) is 13.0 Å². The van der Waals surface area contributed by atoms with Crippen LogP contribution in [0, 0.1) is 11.8 Å². The molecule has 5 nitrogen and oxygen atoms in total. The van der Waals surface area contributed by atoms with Crippen molar-refractivity contribution >= 4 is 12.0 Å². The second-order valence-corrected chi connectivity index (χ2v) is 2.64. The first-order valence-electron chi connectivity index (χ1n) is 3.65. The van der Waals surface area contributed by atoms with E-state index in [1.807, 2.05) is 0 Å². The van der Waals surface area contributed by atoms with Gasteiger partial charge in [0.15, 0.2) is 0 Å². The maximum absolute atomic E-state index is 10.9. The Hall–Kier alpha value is -1.70. The topological polar surface area (TPSA) is 69.6 Å². The Morgan fingerprint density at radius 1 is 1.46 bits per heavy atom. The first-order valence-corrected chi connectivity index (χ1v) is 3.65. The van der Waals surface area contributed by atoms with Gasteiger partial charge in [-0.25, -0.2) is 4.79 Å². The van der Waals surface area contributed by atoms with E-state index in [-0.39, 0.29) is 5.91 Å². The van der Waals surface area contributed by atoms with Crippen molar-refractivity contribution < 1.29 is 14.7 Å². The Bertz CT molecular complexity index is 262. The van der Waals surface area contributed by atoms with Crippen molar-refractivity contribution in [2.75, 3.05) is 14.1 Å². The molecular formula is C8H12N2O3. The first-order chi connectivity index (χ1) is 5.93. The molecule has 5 heteroatoms. The highest BCUT2D eigenvalue weighted by atomic mass is 16.4. The van der Waals surface area contributed by atoms with E-state index < -0.39 is 12.1 Å². The Morgan fingerprint density at radius 2 is 2.00 bits per heavy atom. The molecule has 2 N–H and O–H groups in total. The number of carboxylic acid groups (broad SMARTS) is 1. The summed E-state index contributed by atoms with van der Waals surface area (Å²) in [6.07, 6.45) is -1.15. The molecule has 0 saturated heterocycles. The van der Waals surface area contributed by atoms with Crippen molar-refractivity contribution in [1.82, 2.24) is 10.2 Å². The summed E-state index contributed by atoms with van der Waals surface area (Å²) in [5, 5.41) is 10.4. The number of hydrogen-bond donors (Lipinski definition) is 2. The summed E-state index contributed by atoms with van der Waals surface area (Å²) in [6.45, 7) is 1.56. The van der Waals surface area contributed by atoms with Gasteiger partial charge in [0.2, 0.25) is 0 Å². The van der Waals surface area contributed by atoms with Crippen LogP contribution in [-0.4, -0.2) is 42.1 Å². The van der Waals surface area contributed by atoms with E-state index in [9.17, 15) is 9.59 Å². The Labute approximate surface area is 76.7 Å². The number of carbonyl (C=O) groups is 2. The van der Waals surface area contributed by atoms with Gasteiger partial charge in [-0.3, -0.25) is 4.79 Å². The lowest BCUT2D eigenvalue weighted by molar-refractivity contribution is -0.122. The molecule has 0 radical (unpaired) electrons. The molecule has 0 rings (SSSR count). The summed E-state index contributed by atoms with van der Waals surface area (Å²) in [5.74, 6) is 4.41. The van der Waals surface area contributed by atoms with Gasteiger partial charge in [0.05, 0.1) is 6.04 Å². The minimum absolute atomic E-state index is 0.348. The highest BCUT2D eigenvalue weighted by molar-refractivity contribution is 5.93. The Morgan fingerprint density at radius 3 is 2.38 bits per heavy atom. The molecule has 0 aliphatic carbocycles. The van der Waals surface area contributed by atoms with Crippen LogP contribution in [0.25, 0.3) is 0 Å². The van der Waals surface area contributed by atoms with Crippen LogP contribution in [0.3, 0.4) is 0 Å². The van der Waals surface area contributed by atoms with Crippen LogP contribution in [0.5, 0.6) is 0 Å². The normalized spacial score (nSPS) is 10.7. The summed E-state index contributed by atoms with van der Waals surface area (Å²) in [6, 6.07) is -0.540. The van der Waals surface area contributed by atoms with Gasteiger partial charge in [-0.15, -0.1) is 0 Å². The molecule has 72 valence electrons. The molecule has 13 heavy (non-hydrogen) atoms. The van der Waals surface area contributed by atoms with Gasteiger partial charge in [-0.05, 0) is 12.8 Å². The number of carbonyl (C=O) groups excluding carboxylic acids is 1. The second-order valence-electron chi connectivity index (χ2n) is 2.64. The van der Waals surface area contributed by atoms with Crippen LogP contribution in [0.1, 0.15) is 6.92 Å². The van der Waals surface area contributed by atoms with Crippen LogP contribution < -0.4 is 5.32 Å². The molecule has 0 heterocycles. The number of nitrogens with zero attached hydrogens (tertiary/aromatic N) is 1. The van der Waals surface area contributed by atoms with E-state index in [4.69, 9.17) is 5.11 Å². The lowest BCUT2D eigenvalue weighted by Crippen LogP contribution is -2.30. The van der Waals surface area contributed by atoms with Crippen LogP contribution in [-0.2, 0) is 4.79 Å². The fourth-order valence-corrected chi connectivity index (χ4v) is 0.503. The fraction of sp³-hybridized carbons (Fsp3) is 0.500. The third-order valence-corrected chi connectivity index (χ3v) is 1.14. The van der Waals surface area contributed by atoms with E-state index in [1.54, 1.807) is 21.0 Å². The average molecular weight is 184 g/mol. The second kappa shape index (κ2) is 5.04. The number of hydrogen-bond acceptors (Lipinski definition) is 2. The number of amides is 2. The maximum atomic E-state index is 10.9. The van der Waals surface area contributed by atoms with Gasteiger partial charge in [0, 0.05) is 14.1 Å². The Balaban J connectivity index is 4.09. The summed E-state index contributed by atoms with van der Waals surface area (Å²) in [4.78, 5) is 22.3.